The predicted octanol–water partition coefficient (Wildman–Crippen LogP) is 1.86. The fourth-order valence-corrected chi connectivity index (χ4v) is 1.49. The molecule has 1 aromatic rings. The molecule has 0 unspecified atom stereocenters. The highest BCUT2D eigenvalue weighted by Gasteiger charge is 2.17. The number of benzene rings is 1. The van der Waals surface area contributed by atoms with Crippen molar-refractivity contribution in [1.82, 2.24) is 0 Å². The first kappa shape index (κ1) is 9.98. The first-order valence-electron chi connectivity index (χ1n) is 4.70. The van der Waals surface area contributed by atoms with Gasteiger partial charge in [-0.3, -0.25) is 0 Å². The van der Waals surface area contributed by atoms with Crippen molar-refractivity contribution >= 4 is 6.08 Å². The second-order valence-corrected chi connectivity index (χ2v) is 3.19. The molecule has 0 saturated heterocycles. The molecule has 4 heteroatoms. The van der Waals surface area contributed by atoms with Gasteiger partial charge in [0.15, 0.2) is 11.5 Å². The van der Waals surface area contributed by atoms with Gasteiger partial charge in [-0.05, 0) is 17.7 Å². The van der Waals surface area contributed by atoms with Crippen molar-refractivity contribution in [3.05, 3.63) is 29.3 Å². The summed E-state index contributed by atoms with van der Waals surface area (Å²) in [6, 6.07) is 3.39. The zero-order chi connectivity index (χ0) is 10.7. The number of halogens is 1. The average Bonchev–Trinajstić information content (AvgIpc) is 2.73. The van der Waals surface area contributed by atoms with Crippen LogP contribution < -0.4 is 15.2 Å². The Balaban J connectivity index is 2.42. The number of alkyl halides is 1. The maximum Gasteiger partial charge on any atom is 0.231 e. The lowest BCUT2D eigenvalue weighted by Crippen LogP contribution is -1.94. The first-order valence-corrected chi connectivity index (χ1v) is 4.70. The lowest BCUT2D eigenvalue weighted by molar-refractivity contribution is 0.173. The molecule has 80 valence electrons. The highest BCUT2D eigenvalue weighted by Crippen LogP contribution is 2.37. The molecule has 15 heavy (non-hydrogen) atoms. The third kappa shape index (κ3) is 1.94. The summed E-state index contributed by atoms with van der Waals surface area (Å²) in [4.78, 5) is 0. The van der Waals surface area contributed by atoms with Crippen LogP contribution in [0.2, 0.25) is 0 Å². The second-order valence-electron chi connectivity index (χ2n) is 3.19. The Morgan fingerprint density at radius 3 is 3.00 bits per heavy atom. The molecular formula is C11H12FNO2. The summed E-state index contributed by atoms with van der Waals surface area (Å²) in [7, 11) is 0. The maximum absolute atomic E-state index is 12.6. The van der Waals surface area contributed by atoms with Gasteiger partial charge in [-0.2, -0.15) is 0 Å². The standard InChI is InChI=1S/C11H12FNO2/c12-6-8-4-9(2-1-3-13)11-10(5-8)14-7-15-11/h1-2,4-5H,3,6-7,13H2/b2-1+. The molecule has 0 aliphatic carbocycles. The molecule has 0 amide bonds. The Morgan fingerprint density at radius 1 is 1.40 bits per heavy atom. The van der Waals surface area contributed by atoms with Crippen LogP contribution >= 0.6 is 0 Å². The summed E-state index contributed by atoms with van der Waals surface area (Å²) in [6.07, 6.45) is 3.60. The van der Waals surface area contributed by atoms with Gasteiger partial charge in [0.1, 0.15) is 6.67 Å². The molecule has 2 rings (SSSR count). The van der Waals surface area contributed by atoms with E-state index < -0.39 is 6.67 Å². The maximum atomic E-state index is 12.6. The molecule has 0 fully saturated rings. The van der Waals surface area contributed by atoms with Gasteiger partial charge in [0.25, 0.3) is 0 Å². The normalized spacial score (nSPS) is 13.7. The molecule has 1 heterocycles. The Kier molecular flexibility index (Phi) is 2.87. The highest BCUT2D eigenvalue weighted by atomic mass is 19.1. The van der Waals surface area contributed by atoms with Crippen molar-refractivity contribution < 1.29 is 13.9 Å². The first-order chi connectivity index (χ1) is 7.35. The number of hydrogen-bond acceptors (Lipinski definition) is 3. The van der Waals surface area contributed by atoms with Crippen molar-refractivity contribution in [2.45, 2.75) is 6.67 Å². The van der Waals surface area contributed by atoms with Crippen LogP contribution in [0.3, 0.4) is 0 Å². The van der Waals surface area contributed by atoms with Crippen LogP contribution in [-0.4, -0.2) is 13.3 Å². The summed E-state index contributed by atoms with van der Waals surface area (Å²) in [5.41, 5.74) is 6.75. The van der Waals surface area contributed by atoms with Crippen LogP contribution in [0.25, 0.3) is 6.08 Å². The van der Waals surface area contributed by atoms with Gasteiger partial charge in [-0.15, -0.1) is 0 Å². The molecule has 0 atom stereocenters. The molecule has 0 bridgehead atoms. The smallest absolute Gasteiger partial charge is 0.231 e. The quantitative estimate of drug-likeness (QED) is 0.826. The molecule has 0 spiro atoms. The third-order valence-corrected chi connectivity index (χ3v) is 2.15. The van der Waals surface area contributed by atoms with E-state index in [9.17, 15) is 4.39 Å². The van der Waals surface area contributed by atoms with Gasteiger partial charge in [0, 0.05) is 12.1 Å². The van der Waals surface area contributed by atoms with E-state index in [4.69, 9.17) is 15.2 Å². The van der Waals surface area contributed by atoms with Gasteiger partial charge < -0.3 is 15.2 Å². The van der Waals surface area contributed by atoms with Crippen LogP contribution in [0.4, 0.5) is 4.39 Å². The minimum absolute atomic E-state index is 0.189. The van der Waals surface area contributed by atoms with Gasteiger partial charge in [-0.1, -0.05) is 12.2 Å². The van der Waals surface area contributed by atoms with Crippen molar-refractivity contribution in [2.75, 3.05) is 13.3 Å². The van der Waals surface area contributed by atoms with Crippen molar-refractivity contribution in [2.24, 2.45) is 5.73 Å². The number of hydrogen-bond donors (Lipinski definition) is 1. The highest BCUT2D eigenvalue weighted by molar-refractivity contribution is 5.64. The van der Waals surface area contributed by atoms with E-state index in [0.717, 1.165) is 5.56 Å². The molecule has 2 N–H and O–H groups in total. The molecule has 0 saturated carbocycles. The molecular weight excluding hydrogens is 197 g/mol. The van der Waals surface area contributed by atoms with E-state index in [2.05, 4.69) is 0 Å². The van der Waals surface area contributed by atoms with Crippen LogP contribution in [0.1, 0.15) is 11.1 Å². The Hall–Kier alpha value is -1.55. The van der Waals surface area contributed by atoms with Crippen LogP contribution in [0.5, 0.6) is 11.5 Å². The molecule has 1 aromatic carbocycles. The SMILES string of the molecule is NC/C=C/c1cc(CF)cc2c1OCO2. The summed E-state index contributed by atoms with van der Waals surface area (Å²) >= 11 is 0. The fraction of sp³-hybridized carbons (Fsp3) is 0.273. The lowest BCUT2D eigenvalue weighted by atomic mass is 10.1. The average molecular weight is 209 g/mol. The summed E-state index contributed by atoms with van der Waals surface area (Å²) in [6.45, 7) is 0.115. The van der Waals surface area contributed by atoms with Gasteiger partial charge in [0.2, 0.25) is 6.79 Å². The number of fused-ring (bicyclic) bond motifs is 1. The topological polar surface area (TPSA) is 44.5 Å². The molecule has 0 radical (unpaired) electrons. The summed E-state index contributed by atoms with van der Waals surface area (Å²) in [5.74, 6) is 1.26. The van der Waals surface area contributed by atoms with Crippen LogP contribution in [-0.2, 0) is 6.67 Å². The van der Waals surface area contributed by atoms with Crippen molar-refractivity contribution in [3.63, 3.8) is 0 Å². The predicted molar refractivity (Wildman–Crippen MR) is 55.5 cm³/mol. The Morgan fingerprint density at radius 2 is 2.27 bits per heavy atom. The minimum atomic E-state index is -0.514. The Bertz CT molecular complexity index is 390. The Labute approximate surface area is 87.3 Å². The van der Waals surface area contributed by atoms with E-state index in [0.29, 0.717) is 23.6 Å². The lowest BCUT2D eigenvalue weighted by Gasteiger charge is -2.03. The van der Waals surface area contributed by atoms with E-state index in [-0.39, 0.29) is 6.79 Å². The third-order valence-electron chi connectivity index (χ3n) is 2.15. The zero-order valence-electron chi connectivity index (χ0n) is 8.20. The monoisotopic (exact) mass is 209 g/mol. The van der Waals surface area contributed by atoms with Crippen molar-refractivity contribution in [1.29, 1.82) is 0 Å². The zero-order valence-corrected chi connectivity index (χ0v) is 8.20. The van der Waals surface area contributed by atoms with Gasteiger partial charge >= 0.3 is 0 Å². The van der Waals surface area contributed by atoms with E-state index >= 15 is 0 Å². The summed E-state index contributed by atoms with van der Waals surface area (Å²) < 4.78 is 23.0. The molecule has 0 aromatic heterocycles. The minimum Gasteiger partial charge on any atom is -0.454 e. The van der Waals surface area contributed by atoms with Gasteiger partial charge in [0.05, 0.1) is 0 Å². The number of rotatable bonds is 3. The number of nitrogens with two attached hydrogens (primary N) is 1. The van der Waals surface area contributed by atoms with Crippen LogP contribution in [0.15, 0.2) is 18.2 Å². The van der Waals surface area contributed by atoms with E-state index in [1.165, 1.54) is 0 Å². The van der Waals surface area contributed by atoms with Gasteiger partial charge in [-0.25, -0.2) is 4.39 Å². The molecule has 3 nitrogen and oxygen atoms in total. The fourth-order valence-electron chi connectivity index (χ4n) is 1.49. The largest absolute Gasteiger partial charge is 0.454 e. The van der Waals surface area contributed by atoms with E-state index in [1.54, 1.807) is 18.2 Å². The summed E-state index contributed by atoms with van der Waals surface area (Å²) in [5, 5.41) is 0. The van der Waals surface area contributed by atoms with Crippen molar-refractivity contribution in [3.8, 4) is 11.5 Å². The molecule has 1 aliphatic rings. The van der Waals surface area contributed by atoms with E-state index in [1.807, 2.05) is 6.08 Å². The molecule has 1 aliphatic heterocycles. The second kappa shape index (κ2) is 4.31. The van der Waals surface area contributed by atoms with Crippen LogP contribution in [0, 0.1) is 0 Å². The number of ether oxygens (including phenoxy) is 2.